The highest BCUT2D eigenvalue weighted by Gasteiger charge is 2.72. The first-order valence-corrected chi connectivity index (χ1v) is 21.3. The van der Waals surface area contributed by atoms with Crippen molar-refractivity contribution in [1.82, 2.24) is 14.8 Å². The first-order chi connectivity index (χ1) is 24.4. The molecule has 1 aromatic carbocycles. The van der Waals surface area contributed by atoms with Crippen LogP contribution in [0.25, 0.3) is 0 Å². The Kier molecular flexibility index (Phi) is 13.9. The first kappa shape index (κ1) is 46.1. The monoisotopic (exact) mass is 825 g/mol. The molecule has 1 aromatic heterocycles. The summed E-state index contributed by atoms with van der Waals surface area (Å²) in [5, 5.41) is 1.63. The molecule has 0 bridgehead atoms. The van der Waals surface area contributed by atoms with E-state index in [4.69, 9.17) is 9.26 Å². The zero-order chi connectivity index (χ0) is 41.3. The van der Waals surface area contributed by atoms with Gasteiger partial charge in [0.25, 0.3) is 0 Å². The van der Waals surface area contributed by atoms with Crippen LogP contribution in [0.3, 0.4) is 0 Å². The lowest BCUT2D eigenvalue weighted by Gasteiger charge is -2.53. The molecule has 1 fully saturated rings. The highest BCUT2D eigenvalue weighted by molar-refractivity contribution is 7.89. The van der Waals surface area contributed by atoms with Crippen LogP contribution in [0.1, 0.15) is 97.6 Å². The zero-order valence-electron chi connectivity index (χ0n) is 31.4. The summed E-state index contributed by atoms with van der Waals surface area (Å²) in [6, 6.07) is 7.69. The number of piperidine rings is 1. The molecule has 0 amide bonds. The van der Waals surface area contributed by atoms with Crippen LogP contribution in [0, 0.1) is 0 Å². The number of hydrogen-bond donors (Lipinski definition) is 1. The summed E-state index contributed by atoms with van der Waals surface area (Å²) in [6.07, 6.45) is -12.6. The van der Waals surface area contributed by atoms with Crippen molar-refractivity contribution in [1.29, 1.82) is 0 Å². The second kappa shape index (κ2) is 16.3. The summed E-state index contributed by atoms with van der Waals surface area (Å²) in [5.74, 6) is -12.5. The number of sulfonamides is 1. The number of alkyl halides is 10. The van der Waals surface area contributed by atoms with E-state index in [1.807, 2.05) is 0 Å². The molecule has 1 N–H and O–H groups in total. The van der Waals surface area contributed by atoms with Gasteiger partial charge in [0.1, 0.15) is 6.10 Å². The van der Waals surface area contributed by atoms with Crippen LogP contribution in [0.4, 0.5) is 43.9 Å². The maximum Gasteiger partial charge on any atom is 0.459 e. The van der Waals surface area contributed by atoms with Gasteiger partial charge in [0.2, 0.25) is 10.0 Å². The van der Waals surface area contributed by atoms with Gasteiger partial charge in [0.05, 0.1) is 23.6 Å². The Labute approximate surface area is 311 Å². The average molecular weight is 826 g/mol. The number of aromatic nitrogens is 1. The standard InChI is InChI=1S/C35H49F10N3O4SSi/c1-23(2)54(24(3)4,17-15-32(36,37)34(41,42)35(43,44)45)52-29(28-14-9-10-16-46-28)22-53(49,50)47-27-19-30(5,6)48(31(7,8)20-27)51-21-25-12-11-13-26(18-25)33(38,39)40/h9-14,16,18,23-24,27,29,47H,15,17,19-22H2,1-8H3. The van der Waals surface area contributed by atoms with E-state index >= 15 is 0 Å². The molecule has 0 saturated carbocycles. The van der Waals surface area contributed by atoms with Crippen molar-refractivity contribution in [2.75, 3.05) is 5.75 Å². The fourth-order valence-electron chi connectivity index (χ4n) is 7.48. The molecule has 2 heterocycles. The minimum atomic E-state index is -6.50. The van der Waals surface area contributed by atoms with E-state index in [0.29, 0.717) is 0 Å². The van der Waals surface area contributed by atoms with Crippen LogP contribution in [0.15, 0.2) is 48.7 Å². The van der Waals surface area contributed by atoms with Gasteiger partial charge >= 0.3 is 24.2 Å². The summed E-state index contributed by atoms with van der Waals surface area (Å²) >= 11 is 0. The Morgan fingerprint density at radius 3 is 1.94 bits per heavy atom. The quantitative estimate of drug-likeness (QED) is 0.134. The molecule has 7 nitrogen and oxygen atoms in total. The molecule has 1 aliphatic heterocycles. The fraction of sp³-hybridized carbons (Fsp3) is 0.686. The highest BCUT2D eigenvalue weighted by atomic mass is 32.2. The molecular formula is C35H49F10N3O4SSi. The Morgan fingerprint density at radius 2 is 1.46 bits per heavy atom. The van der Waals surface area contributed by atoms with E-state index in [-0.39, 0.29) is 30.7 Å². The first-order valence-electron chi connectivity index (χ1n) is 17.4. The number of nitrogens with one attached hydrogen (secondary N) is 1. The lowest BCUT2D eigenvalue weighted by molar-refractivity contribution is -0.354. The Bertz CT molecular complexity index is 1630. The van der Waals surface area contributed by atoms with Crippen molar-refractivity contribution in [2.45, 2.75) is 146 Å². The topological polar surface area (TPSA) is 80.8 Å². The lowest BCUT2D eigenvalue weighted by Crippen LogP contribution is -2.64. The molecule has 19 heteroatoms. The molecule has 1 atom stereocenters. The predicted molar refractivity (Wildman–Crippen MR) is 186 cm³/mol. The summed E-state index contributed by atoms with van der Waals surface area (Å²) < 4.78 is 173. The van der Waals surface area contributed by atoms with Crippen LogP contribution in [0.5, 0.6) is 0 Å². The minimum Gasteiger partial charge on any atom is -0.407 e. The molecule has 3 rings (SSSR count). The molecule has 0 spiro atoms. The molecular weight excluding hydrogens is 777 g/mol. The van der Waals surface area contributed by atoms with Gasteiger partial charge in [0.15, 0.2) is 8.32 Å². The molecule has 54 heavy (non-hydrogen) atoms. The molecule has 1 unspecified atom stereocenters. The molecule has 0 radical (unpaired) electrons. The van der Waals surface area contributed by atoms with E-state index in [1.165, 1.54) is 36.5 Å². The van der Waals surface area contributed by atoms with Gasteiger partial charge in [-0.15, -0.1) is 0 Å². The number of hydrogen-bond acceptors (Lipinski definition) is 6. The van der Waals surface area contributed by atoms with Crippen molar-refractivity contribution < 1.29 is 61.6 Å². The van der Waals surface area contributed by atoms with Crippen molar-refractivity contribution >= 4 is 18.3 Å². The lowest BCUT2D eigenvalue weighted by atomic mass is 9.79. The fourth-order valence-corrected chi connectivity index (χ4v) is 13.6. The largest absolute Gasteiger partial charge is 0.459 e. The van der Waals surface area contributed by atoms with Crippen LogP contribution in [-0.2, 0) is 32.1 Å². The number of benzene rings is 1. The van der Waals surface area contributed by atoms with Gasteiger partial charge in [-0.3, -0.25) is 9.82 Å². The Hall–Kier alpha value is -2.32. The smallest absolute Gasteiger partial charge is 0.407 e. The van der Waals surface area contributed by atoms with Crippen molar-refractivity contribution in [3.63, 3.8) is 0 Å². The van der Waals surface area contributed by atoms with Crippen LogP contribution >= 0.6 is 0 Å². The summed E-state index contributed by atoms with van der Waals surface area (Å²) in [4.78, 5) is 10.3. The van der Waals surface area contributed by atoms with Gasteiger partial charge in [-0.1, -0.05) is 45.9 Å². The maximum atomic E-state index is 14.6. The second-order valence-electron chi connectivity index (χ2n) is 15.8. The molecule has 308 valence electrons. The second-order valence-corrected chi connectivity index (χ2v) is 22.6. The summed E-state index contributed by atoms with van der Waals surface area (Å²) in [5.41, 5.74) is -3.42. The molecule has 1 aliphatic rings. The Morgan fingerprint density at radius 1 is 0.889 bits per heavy atom. The third-order valence-corrected chi connectivity index (χ3v) is 17.0. The predicted octanol–water partition coefficient (Wildman–Crippen LogP) is 10.2. The third kappa shape index (κ3) is 10.7. The van der Waals surface area contributed by atoms with Crippen molar-refractivity contribution in [3.8, 4) is 0 Å². The van der Waals surface area contributed by atoms with Crippen molar-refractivity contribution in [3.05, 3.63) is 65.5 Å². The van der Waals surface area contributed by atoms with Gasteiger partial charge in [-0.2, -0.15) is 49.0 Å². The van der Waals surface area contributed by atoms with Crippen LogP contribution in [0.2, 0.25) is 17.1 Å². The third-order valence-electron chi connectivity index (χ3n) is 9.90. The minimum absolute atomic E-state index is 0.0897. The number of halogens is 10. The van der Waals surface area contributed by atoms with E-state index in [2.05, 4.69) is 9.71 Å². The van der Waals surface area contributed by atoms with Gasteiger partial charge in [0, 0.05) is 29.7 Å². The van der Waals surface area contributed by atoms with E-state index in [9.17, 15) is 52.3 Å². The number of pyridine rings is 1. The average Bonchev–Trinajstić information content (AvgIpc) is 3.00. The van der Waals surface area contributed by atoms with E-state index < -0.39 is 101 Å². The van der Waals surface area contributed by atoms with Gasteiger partial charge < -0.3 is 4.43 Å². The van der Waals surface area contributed by atoms with Crippen molar-refractivity contribution in [2.24, 2.45) is 0 Å². The summed E-state index contributed by atoms with van der Waals surface area (Å²) in [7, 11) is -8.11. The molecule has 0 aliphatic carbocycles. The Balaban J connectivity index is 1.86. The molecule has 1 saturated heterocycles. The number of hydroxylamine groups is 2. The SMILES string of the molecule is CC(C)[Si](CCC(F)(F)C(F)(F)C(F)(F)F)(OC(CS(=O)(=O)NC1CC(C)(C)N(OCc2cccc(C(F)(F)F)c2)C(C)(C)C1)c1ccccn1)C(C)C. The van der Waals surface area contributed by atoms with E-state index in [1.54, 1.807) is 60.5 Å². The normalized spacial score (nSPS) is 18.7. The number of nitrogens with zero attached hydrogens (tertiary/aromatic N) is 2. The van der Waals surface area contributed by atoms with Crippen LogP contribution < -0.4 is 4.72 Å². The highest BCUT2D eigenvalue weighted by Crippen LogP contribution is 2.51. The van der Waals surface area contributed by atoms with Crippen LogP contribution in [-0.4, -0.2) is 67.7 Å². The zero-order valence-corrected chi connectivity index (χ0v) is 33.2. The van der Waals surface area contributed by atoms with E-state index in [0.717, 1.165) is 12.1 Å². The maximum absolute atomic E-state index is 14.6. The van der Waals surface area contributed by atoms with Gasteiger partial charge in [-0.05, 0) is 87.5 Å². The molecule has 2 aromatic rings. The van der Waals surface area contributed by atoms with Gasteiger partial charge in [-0.25, -0.2) is 13.1 Å². The number of rotatable bonds is 16. The summed E-state index contributed by atoms with van der Waals surface area (Å²) in [6.45, 7) is 13.2.